The Kier molecular flexibility index (Phi) is 9.55. The van der Waals surface area contributed by atoms with E-state index in [1.807, 2.05) is 79.1 Å². The molecule has 0 saturated carbocycles. The maximum atomic E-state index is 13.2. The molecule has 0 saturated heterocycles. The van der Waals surface area contributed by atoms with E-state index in [9.17, 15) is 9.59 Å². The summed E-state index contributed by atoms with van der Waals surface area (Å²) >= 11 is 13.6. The molecule has 0 atom stereocenters. The number of hydrogen-bond donors (Lipinski definition) is 1. The molecule has 0 aliphatic carbocycles. The number of furan rings is 1. The molecule has 1 heterocycles. The number of ketones is 1. The van der Waals surface area contributed by atoms with Gasteiger partial charge in [-0.15, -0.1) is 0 Å². The van der Waals surface area contributed by atoms with Crippen LogP contribution in [-0.4, -0.2) is 28.9 Å². The zero-order chi connectivity index (χ0) is 29.6. The molecule has 42 heavy (non-hydrogen) atoms. The lowest BCUT2D eigenvalue weighted by Crippen LogP contribution is -2.24. The fourth-order valence-corrected chi connectivity index (χ4v) is 5.65. The smallest absolute Gasteiger partial charge is 0.235 e. The molecule has 0 unspecified atom stereocenters. The molecule has 214 valence electrons. The molecule has 5 rings (SSSR count). The van der Waals surface area contributed by atoms with Crippen LogP contribution in [0.15, 0.2) is 95.4 Å². The van der Waals surface area contributed by atoms with Crippen LogP contribution in [-0.2, 0) is 22.7 Å². The Morgan fingerprint density at radius 3 is 2.43 bits per heavy atom. The SMILES string of the molecule is CSN(Cc1cccc(-c2ccc3c(N)c(C(=O)c4ccc(Cl)cc4Cl)oc3c2)c1)C(=O)CCOCc1ccccc1. The van der Waals surface area contributed by atoms with Crippen LogP contribution in [0, 0.1) is 0 Å². The van der Waals surface area contributed by atoms with Crippen LogP contribution in [0.25, 0.3) is 22.1 Å². The van der Waals surface area contributed by atoms with Crippen LogP contribution >= 0.6 is 35.1 Å². The lowest BCUT2D eigenvalue weighted by molar-refractivity contribution is -0.127. The molecule has 6 nitrogen and oxygen atoms in total. The lowest BCUT2D eigenvalue weighted by Gasteiger charge is -2.20. The first kappa shape index (κ1) is 29.7. The number of fused-ring (bicyclic) bond motifs is 1. The highest BCUT2D eigenvalue weighted by Gasteiger charge is 2.23. The molecular weight excluding hydrogens is 591 g/mol. The molecule has 0 bridgehead atoms. The van der Waals surface area contributed by atoms with Crippen molar-refractivity contribution in [2.45, 2.75) is 19.6 Å². The molecule has 1 amide bonds. The summed E-state index contributed by atoms with van der Waals surface area (Å²) in [5.41, 5.74) is 11.2. The summed E-state index contributed by atoms with van der Waals surface area (Å²) < 4.78 is 13.4. The third kappa shape index (κ3) is 6.82. The number of rotatable bonds is 11. The van der Waals surface area contributed by atoms with Crippen molar-refractivity contribution in [3.63, 3.8) is 0 Å². The second-order valence-electron chi connectivity index (χ2n) is 9.61. The zero-order valence-corrected chi connectivity index (χ0v) is 25.1. The Bertz CT molecular complexity index is 1740. The van der Waals surface area contributed by atoms with Crippen molar-refractivity contribution in [3.05, 3.63) is 123 Å². The largest absolute Gasteiger partial charge is 0.450 e. The number of carbonyl (C=O) groups is 2. The van der Waals surface area contributed by atoms with E-state index in [1.165, 1.54) is 18.0 Å². The minimum Gasteiger partial charge on any atom is -0.450 e. The number of benzene rings is 4. The van der Waals surface area contributed by atoms with Gasteiger partial charge in [0.25, 0.3) is 0 Å². The minimum absolute atomic E-state index is 0.00596. The maximum Gasteiger partial charge on any atom is 0.235 e. The van der Waals surface area contributed by atoms with Gasteiger partial charge in [0, 0.05) is 22.2 Å². The molecule has 1 aromatic heterocycles. The Hall–Kier alpha value is -3.75. The number of amides is 1. The second-order valence-corrected chi connectivity index (χ2v) is 11.3. The van der Waals surface area contributed by atoms with E-state index < -0.39 is 5.78 Å². The highest BCUT2D eigenvalue weighted by atomic mass is 35.5. The van der Waals surface area contributed by atoms with Gasteiger partial charge in [-0.1, -0.05) is 89.7 Å². The second kappa shape index (κ2) is 13.5. The summed E-state index contributed by atoms with van der Waals surface area (Å²) in [7, 11) is 0. The number of nitrogen functional groups attached to an aromatic ring is 1. The Labute approximate surface area is 258 Å². The Balaban J connectivity index is 1.28. The van der Waals surface area contributed by atoms with Gasteiger partial charge in [-0.05, 0) is 58.7 Å². The van der Waals surface area contributed by atoms with Gasteiger partial charge in [-0.2, -0.15) is 0 Å². The van der Waals surface area contributed by atoms with Crippen molar-refractivity contribution in [1.82, 2.24) is 4.31 Å². The molecule has 0 aliphatic rings. The number of nitrogens with zero attached hydrogens (tertiary/aromatic N) is 1. The molecule has 0 spiro atoms. The normalized spacial score (nSPS) is 11.1. The van der Waals surface area contributed by atoms with Crippen molar-refractivity contribution < 1.29 is 18.7 Å². The van der Waals surface area contributed by atoms with Crippen LogP contribution in [0.4, 0.5) is 5.69 Å². The fraction of sp³-hybridized carbons (Fsp3) is 0.152. The molecule has 0 fully saturated rings. The Morgan fingerprint density at radius 1 is 0.905 bits per heavy atom. The predicted octanol–water partition coefficient (Wildman–Crippen LogP) is 8.43. The molecule has 4 aromatic carbocycles. The maximum absolute atomic E-state index is 13.2. The Morgan fingerprint density at radius 2 is 1.67 bits per heavy atom. The summed E-state index contributed by atoms with van der Waals surface area (Å²) in [6, 6.07) is 28.1. The summed E-state index contributed by atoms with van der Waals surface area (Å²) in [6.07, 6.45) is 2.18. The summed E-state index contributed by atoms with van der Waals surface area (Å²) in [6.45, 7) is 1.28. The van der Waals surface area contributed by atoms with E-state index in [4.69, 9.17) is 38.1 Å². The van der Waals surface area contributed by atoms with Crippen LogP contribution in [0.3, 0.4) is 0 Å². The van der Waals surface area contributed by atoms with E-state index in [-0.39, 0.29) is 27.9 Å². The molecule has 0 aliphatic heterocycles. The highest BCUT2D eigenvalue weighted by Crippen LogP contribution is 2.35. The first-order valence-electron chi connectivity index (χ1n) is 13.2. The third-order valence-electron chi connectivity index (χ3n) is 6.77. The van der Waals surface area contributed by atoms with Crippen molar-refractivity contribution in [3.8, 4) is 11.1 Å². The van der Waals surface area contributed by atoms with Gasteiger partial charge in [-0.25, -0.2) is 0 Å². The first-order chi connectivity index (χ1) is 20.3. The average Bonchev–Trinajstić information content (AvgIpc) is 3.33. The zero-order valence-electron chi connectivity index (χ0n) is 22.8. The summed E-state index contributed by atoms with van der Waals surface area (Å²) in [4.78, 5) is 26.0. The van der Waals surface area contributed by atoms with Crippen molar-refractivity contribution in [1.29, 1.82) is 0 Å². The van der Waals surface area contributed by atoms with Gasteiger partial charge in [0.1, 0.15) is 5.58 Å². The van der Waals surface area contributed by atoms with Gasteiger partial charge >= 0.3 is 0 Å². The molecule has 5 aromatic rings. The molecule has 9 heteroatoms. The minimum atomic E-state index is -0.416. The molecule has 2 N–H and O–H groups in total. The van der Waals surface area contributed by atoms with E-state index in [0.29, 0.717) is 42.2 Å². The van der Waals surface area contributed by atoms with E-state index >= 15 is 0 Å². The van der Waals surface area contributed by atoms with Gasteiger partial charge in [-0.3, -0.25) is 13.9 Å². The summed E-state index contributed by atoms with van der Waals surface area (Å²) in [5, 5.41) is 1.29. The van der Waals surface area contributed by atoms with Crippen molar-refractivity contribution in [2.75, 3.05) is 18.6 Å². The number of halogens is 2. The number of hydrogen-bond acceptors (Lipinski definition) is 6. The van der Waals surface area contributed by atoms with Crippen LogP contribution in [0.2, 0.25) is 10.0 Å². The highest BCUT2D eigenvalue weighted by molar-refractivity contribution is 7.96. The number of anilines is 1. The van der Waals surface area contributed by atoms with Crippen LogP contribution in [0.1, 0.15) is 33.7 Å². The standard InChI is InChI=1S/C33H28Cl2N2O4S/c1-42-37(30(38)14-15-40-20-21-6-3-2-4-7-21)19-22-8-5-9-23(16-22)24-10-12-27-29(17-24)41-33(31(27)36)32(39)26-13-11-25(34)18-28(26)35/h2-13,16-18H,14-15,19-20,36H2,1H3. The van der Waals surface area contributed by atoms with E-state index in [2.05, 4.69) is 0 Å². The van der Waals surface area contributed by atoms with Gasteiger partial charge in [0.15, 0.2) is 5.76 Å². The lowest BCUT2D eigenvalue weighted by atomic mass is 10.0. The van der Waals surface area contributed by atoms with Gasteiger partial charge in [0.2, 0.25) is 11.7 Å². The van der Waals surface area contributed by atoms with Crippen LogP contribution in [0.5, 0.6) is 0 Å². The monoisotopic (exact) mass is 618 g/mol. The average molecular weight is 620 g/mol. The quantitative estimate of drug-likeness (QED) is 0.0908. The van der Waals surface area contributed by atoms with Crippen molar-refractivity contribution in [2.24, 2.45) is 0 Å². The van der Waals surface area contributed by atoms with Gasteiger partial charge in [0.05, 0.1) is 36.9 Å². The topological polar surface area (TPSA) is 85.8 Å². The molecule has 0 radical (unpaired) electrons. The van der Waals surface area contributed by atoms with Crippen molar-refractivity contribution >= 4 is 63.5 Å². The number of carbonyl (C=O) groups excluding carboxylic acids is 2. The predicted molar refractivity (Wildman–Crippen MR) is 171 cm³/mol. The fourth-order valence-electron chi connectivity index (χ4n) is 4.58. The number of nitrogens with two attached hydrogens (primary N) is 1. The number of ether oxygens (including phenoxy) is 1. The van der Waals surface area contributed by atoms with Crippen LogP contribution < -0.4 is 5.73 Å². The van der Waals surface area contributed by atoms with E-state index in [1.54, 1.807) is 16.4 Å². The summed E-state index contributed by atoms with van der Waals surface area (Å²) in [5.74, 6) is -0.380. The first-order valence-corrected chi connectivity index (χ1v) is 15.1. The third-order valence-corrected chi connectivity index (χ3v) is 8.09. The van der Waals surface area contributed by atoms with E-state index in [0.717, 1.165) is 22.3 Å². The molecular formula is C33H28Cl2N2O4S. The van der Waals surface area contributed by atoms with Gasteiger partial charge < -0.3 is 14.9 Å².